The Morgan fingerprint density at radius 1 is 0.667 bits per heavy atom. The first kappa shape index (κ1) is 18.4. The lowest BCUT2D eigenvalue weighted by atomic mass is 9.83. The molecule has 3 aromatic rings. The molecule has 0 radical (unpaired) electrons. The molecule has 3 aromatic carbocycles. The molecule has 3 rings (SSSR count). The third kappa shape index (κ3) is 3.22. The molecule has 0 heterocycles. The van der Waals surface area contributed by atoms with E-state index in [1.165, 1.54) is 0 Å². The van der Waals surface area contributed by atoms with Gasteiger partial charge in [-0.1, -0.05) is 42.5 Å². The first-order valence-corrected chi connectivity index (χ1v) is 8.59. The van der Waals surface area contributed by atoms with Gasteiger partial charge < -0.3 is 10.2 Å². The number of carbonyl (C=O) groups is 2. The Bertz CT molecular complexity index is 1060. The summed E-state index contributed by atoms with van der Waals surface area (Å²) in [6.45, 7) is 5.84. The number of hydrogen-bond donors (Lipinski definition) is 2. The minimum Gasteiger partial charge on any atom is -0.478 e. The van der Waals surface area contributed by atoms with Crippen LogP contribution in [0.25, 0.3) is 22.3 Å². The van der Waals surface area contributed by atoms with E-state index in [1.54, 1.807) is 48.5 Å². The van der Waals surface area contributed by atoms with Crippen LogP contribution in [0, 0.1) is 20.8 Å². The minimum absolute atomic E-state index is 0.193. The molecule has 0 saturated heterocycles. The van der Waals surface area contributed by atoms with Crippen molar-refractivity contribution in [1.29, 1.82) is 0 Å². The first-order chi connectivity index (χ1) is 12.8. The van der Waals surface area contributed by atoms with Gasteiger partial charge >= 0.3 is 11.9 Å². The second-order valence-electron chi connectivity index (χ2n) is 6.59. The van der Waals surface area contributed by atoms with Crippen LogP contribution in [0.3, 0.4) is 0 Å². The van der Waals surface area contributed by atoms with Gasteiger partial charge in [-0.2, -0.15) is 0 Å². The molecule has 0 amide bonds. The number of aryl methyl sites for hydroxylation is 2. The Balaban J connectivity index is 2.48. The quantitative estimate of drug-likeness (QED) is 0.658. The molecule has 2 N–H and O–H groups in total. The normalized spacial score (nSPS) is 10.6. The predicted molar refractivity (Wildman–Crippen MR) is 105 cm³/mol. The highest BCUT2D eigenvalue weighted by Crippen LogP contribution is 2.41. The van der Waals surface area contributed by atoms with Crippen molar-refractivity contribution in [2.24, 2.45) is 0 Å². The molecule has 0 saturated carbocycles. The highest BCUT2D eigenvalue weighted by molar-refractivity contribution is 6.04. The van der Waals surface area contributed by atoms with Crippen molar-refractivity contribution in [3.63, 3.8) is 0 Å². The number of benzene rings is 3. The van der Waals surface area contributed by atoms with E-state index in [4.69, 9.17) is 0 Å². The summed E-state index contributed by atoms with van der Waals surface area (Å²) in [7, 11) is 0. The third-order valence-electron chi connectivity index (χ3n) is 4.90. The molecule has 0 atom stereocenters. The van der Waals surface area contributed by atoms with E-state index in [1.807, 2.05) is 26.8 Å². The molecule has 0 fully saturated rings. The molecule has 4 nitrogen and oxygen atoms in total. The van der Waals surface area contributed by atoms with Gasteiger partial charge in [0.05, 0.1) is 11.1 Å². The van der Waals surface area contributed by atoms with Crippen LogP contribution in [0.15, 0.2) is 54.6 Å². The van der Waals surface area contributed by atoms with Crippen LogP contribution in [0.2, 0.25) is 0 Å². The zero-order chi connectivity index (χ0) is 19.7. The van der Waals surface area contributed by atoms with Gasteiger partial charge in [-0.3, -0.25) is 0 Å². The number of carboxylic acid groups (broad SMARTS) is 2. The van der Waals surface area contributed by atoms with Crippen LogP contribution in [-0.4, -0.2) is 22.2 Å². The lowest BCUT2D eigenvalue weighted by Crippen LogP contribution is -2.05. The molecule has 0 bridgehead atoms. The summed E-state index contributed by atoms with van der Waals surface area (Å²) in [5.41, 5.74) is 5.94. The second-order valence-corrected chi connectivity index (χ2v) is 6.59. The number of hydrogen-bond acceptors (Lipinski definition) is 2. The van der Waals surface area contributed by atoms with Crippen molar-refractivity contribution in [3.8, 4) is 22.3 Å². The van der Waals surface area contributed by atoms with E-state index in [-0.39, 0.29) is 11.1 Å². The summed E-state index contributed by atoms with van der Waals surface area (Å²) >= 11 is 0. The molecule has 27 heavy (non-hydrogen) atoms. The van der Waals surface area contributed by atoms with Gasteiger partial charge in [0.25, 0.3) is 0 Å². The Morgan fingerprint density at radius 3 is 1.59 bits per heavy atom. The lowest BCUT2D eigenvalue weighted by molar-refractivity contribution is 0.0686. The van der Waals surface area contributed by atoms with E-state index in [2.05, 4.69) is 0 Å². The van der Waals surface area contributed by atoms with E-state index < -0.39 is 11.9 Å². The van der Waals surface area contributed by atoms with Gasteiger partial charge in [0.15, 0.2) is 0 Å². The molecule has 0 unspecified atom stereocenters. The van der Waals surface area contributed by atoms with Crippen molar-refractivity contribution >= 4 is 11.9 Å². The van der Waals surface area contributed by atoms with Crippen LogP contribution < -0.4 is 0 Å². The highest BCUT2D eigenvalue weighted by atomic mass is 16.4. The fourth-order valence-electron chi connectivity index (χ4n) is 3.55. The Labute approximate surface area is 157 Å². The van der Waals surface area contributed by atoms with Crippen LogP contribution in [0.4, 0.5) is 0 Å². The SMILES string of the molecule is Cc1cc(C)c(-c2ccccc2C(=O)O)c(-c2ccccc2C(=O)O)c1C. The summed E-state index contributed by atoms with van der Waals surface area (Å²) in [5, 5.41) is 19.3. The second kappa shape index (κ2) is 7.08. The predicted octanol–water partition coefficient (Wildman–Crippen LogP) is 5.34. The monoisotopic (exact) mass is 360 g/mol. The molecule has 0 spiro atoms. The first-order valence-electron chi connectivity index (χ1n) is 8.59. The van der Waals surface area contributed by atoms with Crippen molar-refractivity contribution in [1.82, 2.24) is 0 Å². The van der Waals surface area contributed by atoms with Crippen LogP contribution in [-0.2, 0) is 0 Å². The van der Waals surface area contributed by atoms with Gasteiger partial charge in [-0.15, -0.1) is 0 Å². The van der Waals surface area contributed by atoms with Crippen LogP contribution in [0.5, 0.6) is 0 Å². The molecule has 136 valence electrons. The van der Waals surface area contributed by atoms with Crippen molar-refractivity contribution in [2.45, 2.75) is 20.8 Å². The summed E-state index contributed by atoms with van der Waals surface area (Å²) in [4.78, 5) is 23.6. The Morgan fingerprint density at radius 2 is 1.11 bits per heavy atom. The van der Waals surface area contributed by atoms with E-state index in [0.29, 0.717) is 11.1 Å². The molecule has 0 aliphatic heterocycles. The van der Waals surface area contributed by atoms with E-state index >= 15 is 0 Å². The zero-order valence-electron chi connectivity index (χ0n) is 15.4. The summed E-state index contributed by atoms with van der Waals surface area (Å²) in [6, 6.07) is 15.7. The number of aromatic carboxylic acids is 2. The average Bonchev–Trinajstić information content (AvgIpc) is 2.64. The third-order valence-corrected chi connectivity index (χ3v) is 4.90. The lowest BCUT2D eigenvalue weighted by Gasteiger charge is -2.21. The van der Waals surface area contributed by atoms with Crippen molar-refractivity contribution < 1.29 is 19.8 Å². The van der Waals surface area contributed by atoms with Crippen LogP contribution in [0.1, 0.15) is 37.4 Å². The van der Waals surface area contributed by atoms with Crippen LogP contribution >= 0.6 is 0 Å². The topological polar surface area (TPSA) is 74.6 Å². The molecule has 0 aliphatic carbocycles. The molecule has 0 aliphatic rings. The zero-order valence-corrected chi connectivity index (χ0v) is 15.4. The van der Waals surface area contributed by atoms with Gasteiger partial charge in [0.1, 0.15) is 0 Å². The smallest absolute Gasteiger partial charge is 0.336 e. The summed E-state index contributed by atoms with van der Waals surface area (Å²) < 4.78 is 0. The maximum atomic E-state index is 11.8. The maximum Gasteiger partial charge on any atom is 0.336 e. The van der Waals surface area contributed by atoms with Gasteiger partial charge in [-0.25, -0.2) is 9.59 Å². The molecule has 0 aromatic heterocycles. The van der Waals surface area contributed by atoms with E-state index in [9.17, 15) is 19.8 Å². The maximum absolute atomic E-state index is 11.8. The number of rotatable bonds is 4. The molecular weight excluding hydrogens is 340 g/mol. The van der Waals surface area contributed by atoms with Gasteiger partial charge in [0, 0.05) is 0 Å². The minimum atomic E-state index is -1.01. The Hall–Kier alpha value is -3.40. The van der Waals surface area contributed by atoms with E-state index in [0.717, 1.165) is 27.8 Å². The summed E-state index contributed by atoms with van der Waals surface area (Å²) in [5.74, 6) is -2.03. The van der Waals surface area contributed by atoms with Gasteiger partial charge in [0.2, 0.25) is 0 Å². The molecule has 4 heteroatoms. The highest BCUT2D eigenvalue weighted by Gasteiger charge is 2.22. The van der Waals surface area contributed by atoms with Crippen molar-refractivity contribution in [3.05, 3.63) is 82.4 Å². The fraction of sp³-hybridized carbons (Fsp3) is 0.130. The largest absolute Gasteiger partial charge is 0.478 e. The number of carboxylic acids is 2. The Kier molecular flexibility index (Phi) is 4.82. The molecular formula is C23H20O4. The fourth-order valence-corrected chi connectivity index (χ4v) is 3.55. The standard InChI is InChI=1S/C23H20O4/c1-13-12-14(2)20(16-8-4-6-10-18(16)22(24)25)21(15(13)3)17-9-5-7-11-19(17)23(26)27/h4-12H,1-3H3,(H,24,25)(H,26,27). The van der Waals surface area contributed by atoms with Gasteiger partial charge in [-0.05, 0) is 71.8 Å². The van der Waals surface area contributed by atoms with Crippen molar-refractivity contribution in [2.75, 3.05) is 0 Å². The average molecular weight is 360 g/mol. The summed E-state index contributed by atoms with van der Waals surface area (Å²) in [6.07, 6.45) is 0.